The van der Waals surface area contributed by atoms with Crippen molar-refractivity contribution in [3.63, 3.8) is 0 Å². The largest absolute Gasteiger partial charge is 0.352 e. The maximum atomic E-state index is 12.6. The summed E-state index contributed by atoms with van der Waals surface area (Å²) in [6, 6.07) is 4.95. The normalized spacial score (nSPS) is 20.8. The van der Waals surface area contributed by atoms with Crippen molar-refractivity contribution in [1.29, 1.82) is 0 Å². The zero-order chi connectivity index (χ0) is 16.4. The maximum absolute atomic E-state index is 12.6. The lowest BCUT2D eigenvalue weighted by Crippen LogP contribution is -2.32. The first-order valence-electron chi connectivity index (χ1n) is 8.15. The molecule has 1 aliphatic carbocycles. The highest BCUT2D eigenvalue weighted by atomic mass is 35.5. The van der Waals surface area contributed by atoms with E-state index in [4.69, 9.17) is 11.6 Å². The zero-order valence-electron chi connectivity index (χ0n) is 13.7. The Hall–Kier alpha value is -1.30. The van der Waals surface area contributed by atoms with Gasteiger partial charge in [-0.15, -0.1) is 12.4 Å². The number of hydrogen-bond acceptors (Lipinski definition) is 3. The van der Waals surface area contributed by atoms with Gasteiger partial charge in [-0.2, -0.15) is 0 Å². The van der Waals surface area contributed by atoms with Crippen LogP contribution < -0.4 is 16.0 Å². The number of halogens is 2. The number of carbonyl (C=O) groups is 2. The molecular formula is C17H23Cl2N3O2. The molecule has 1 aromatic rings. The minimum absolute atomic E-state index is 0. The molecule has 0 radical (unpaired) electrons. The van der Waals surface area contributed by atoms with Crippen LogP contribution in [0.5, 0.6) is 0 Å². The molecule has 0 aromatic heterocycles. The van der Waals surface area contributed by atoms with Crippen LogP contribution in [0.25, 0.3) is 0 Å². The molecule has 1 spiro atoms. The van der Waals surface area contributed by atoms with Crippen LogP contribution in [0.1, 0.15) is 36.5 Å². The molecule has 1 atom stereocenters. The van der Waals surface area contributed by atoms with E-state index in [9.17, 15) is 9.59 Å². The van der Waals surface area contributed by atoms with Crippen LogP contribution in [0.4, 0.5) is 5.69 Å². The van der Waals surface area contributed by atoms with Gasteiger partial charge in [-0.05, 0) is 62.9 Å². The van der Waals surface area contributed by atoms with Crippen LogP contribution >= 0.6 is 24.0 Å². The van der Waals surface area contributed by atoms with Gasteiger partial charge in [0.25, 0.3) is 5.91 Å². The van der Waals surface area contributed by atoms with Crippen LogP contribution in [0.3, 0.4) is 0 Å². The SMILES string of the molecule is CCNC(=O)c1ccc(Cl)cc1NC(=O)C1CC12CCNCC2.Cl. The van der Waals surface area contributed by atoms with E-state index in [0.29, 0.717) is 22.8 Å². The number of nitrogens with one attached hydrogen (secondary N) is 3. The lowest BCUT2D eigenvalue weighted by molar-refractivity contribution is -0.118. The van der Waals surface area contributed by atoms with E-state index in [0.717, 1.165) is 32.4 Å². The number of hydrogen-bond donors (Lipinski definition) is 3. The Kier molecular flexibility index (Phi) is 6.12. The summed E-state index contributed by atoms with van der Waals surface area (Å²) in [4.78, 5) is 24.7. The van der Waals surface area contributed by atoms with Gasteiger partial charge in [-0.1, -0.05) is 11.6 Å². The molecule has 1 aromatic carbocycles. The highest BCUT2D eigenvalue weighted by molar-refractivity contribution is 6.31. The monoisotopic (exact) mass is 371 g/mol. The van der Waals surface area contributed by atoms with Crippen molar-refractivity contribution in [2.45, 2.75) is 26.2 Å². The van der Waals surface area contributed by atoms with Gasteiger partial charge in [0.1, 0.15) is 0 Å². The summed E-state index contributed by atoms with van der Waals surface area (Å²) in [5.74, 6) is -0.155. The van der Waals surface area contributed by atoms with Crippen molar-refractivity contribution < 1.29 is 9.59 Å². The van der Waals surface area contributed by atoms with Crippen LogP contribution in [0.15, 0.2) is 18.2 Å². The summed E-state index contributed by atoms with van der Waals surface area (Å²) in [5.41, 5.74) is 1.11. The molecule has 132 valence electrons. The molecule has 1 saturated heterocycles. The van der Waals surface area contributed by atoms with Gasteiger partial charge in [0.15, 0.2) is 0 Å². The van der Waals surface area contributed by atoms with Gasteiger partial charge >= 0.3 is 0 Å². The molecule has 3 rings (SSSR count). The number of piperidine rings is 1. The van der Waals surface area contributed by atoms with E-state index in [2.05, 4.69) is 16.0 Å². The number of rotatable bonds is 4. The van der Waals surface area contributed by atoms with Crippen molar-refractivity contribution in [3.05, 3.63) is 28.8 Å². The number of amides is 2. The van der Waals surface area contributed by atoms with E-state index in [1.165, 1.54) is 0 Å². The smallest absolute Gasteiger partial charge is 0.253 e. The third-order valence-electron chi connectivity index (χ3n) is 4.93. The van der Waals surface area contributed by atoms with E-state index in [1.54, 1.807) is 18.2 Å². The van der Waals surface area contributed by atoms with Crippen molar-refractivity contribution in [1.82, 2.24) is 10.6 Å². The van der Waals surface area contributed by atoms with Crippen LogP contribution in [0.2, 0.25) is 5.02 Å². The van der Waals surface area contributed by atoms with E-state index in [1.807, 2.05) is 6.92 Å². The van der Waals surface area contributed by atoms with Gasteiger partial charge in [0, 0.05) is 17.5 Å². The van der Waals surface area contributed by atoms with Crippen LogP contribution in [-0.2, 0) is 4.79 Å². The van der Waals surface area contributed by atoms with Gasteiger partial charge in [-0.25, -0.2) is 0 Å². The lowest BCUT2D eigenvalue weighted by Gasteiger charge is -2.23. The number of carbonyl (C=O) groups excluding carboxylic acids is 2. The van der Waals surface area contributed by atoms with Crippen molar-refractivity contribution in [2.24, 2.45) is 11.3 Å². The Labute approximate surface area is 153 Å². The van der Waals surface area contributed by atoms with Crippen molar-refractivity contribution >= 4 is 41.5 Å². The molecule has 7 heteroatoms. The average molecular weight is 372 g/mol. The molecule has 1 saturated carbocycles. The Morgan fingerprint density at radius 3 is 2.71 bits per heavy atom. The van der Waals surface area contributed by atoms with Gasteiger partial charge < -0.3 is 16.0 Å². The highest BCUT2D eigenvalue weighted by Crippen LogP contribution is 2.58. The molecule has 1 unspecified atom stereocenters. The van der Waals surface area contributed by atoms with Crippen molar-refractivity contribution in [2.75, 3.05) is 25.0 Å². The molecule has 24 heavy (non-hydrogen) atoms. The van der Waals surface area contributed by atoms with E-state index in [-0.39, 0.29) is 35.6 Å². The lowest BCUT2D eigenvalue weighted by atomic mass is 9.91. The fourth-order valence-corrected chi connectivity index (χ4v) is 3.66. The van der Waals surface area contributed by atoms with Crippen LogP contribution in [0, 0.1) is 11.3 Å². The quantitative estimate of drug-likeness (QED) is 0.761. The fraction of sp³-hybridized carbons (Fsp3) is 0.529. The van der Waals surface area contributed by atoms with Gasteiger partial charge in [0.2, 0.25) is 5.91 Å². The number of anilines is 1. The first-order chi connectivity index (χ1) is 11.1. The zero-order valence-corrected chi connectivity index (χ0v) is 15.2. The molecule has 1 aliphatic heterocycles. The molecular weight excluding hydrogens is 349 g/mol. The molecule has 2 fully saturated rings. The Bertz CT molecular complexity index is 630. The summed E-state index contributed by atoms with van der Waals surface area (Å²) in [7, 11) is 0. The Morgan fingerprint density at radius 1 is 1.33 bits per heavy atom. The van der Waals surface area contributed by atoms with Gasteiger partial charge in [-0.3, -0.25) is 9.59 Å². The standard InChI is InChI=1S/C17H22ClN3O2.ClH/c1-2-20-15(22)12-4-3-11(18)9-14(12)21-16(23)13-10-17(13)5-7-19-8-6-17;/h3-4,9,13,19H,2,5-8,10H2,1H3,(H,20,22)(H,21,23);1H. The minimum Gasteiger partial charge on any atom is -0.352 e. The average Bonchev–Trinajstić information content (AvgIpc) is 3.21. The second-order valence-electron chi connectivity index (χ2n) is 6.41. The Morgan fingerprint density at radius 2 is 2.04 bits per heavy atom. The number of benzene rings is 1. The second kappa shape index (κ2) is 7.72. The summed E-state index contributed by atoms with van der Waals surface area (Å²) >= 11 is 6.03. The minimum atomic E-state index is -0.202. The molecule has 5 nitrogen and oxygen atoms in total. The fourth-order valence-electron chi connectivity index (χ4n) is 3.49. The Balaban J connectivity index is 0.00000208. The molecule has 3 N–H and O–H groups in total. The third-order valence-corrected chi connectivity index (χ3v) is 5.16. The first kappa shape index (κ1) is 19.0. The maximum Gasteiger partial charge on any atom is 0.253 e. The first-order valence-corrected chi connectivity index (χ1v) is 8.53. The third kappa shape index (κ3) is 3.85. The summed E-state index contributed by atoms with van der Waals surface area (Å²) < 4.78 is 0. The van der Waals surface area contributed by atoms with Crippen molar-refractivity contribution in [3.8, 4) is 0 Å². The summed E-state index contributed by atoms with van der Waals surface area (Å²) in [5, 5.41) is 9.51. The van der Waals surface area contributed by atoms with E-state index >= 15 is 0 Å². The predicted octanol–water partition coefficient (Wildman–Crippen LogP) is 2.84. The molecule has 2 aliphatic rings. The topological polar surface area (TPSA) is 70.2 Å². The highest BCUT2D eigenvalue weighted by Gasteiger charge is 2.57. The summed E-state index contributed by atoms with van der Waals surface area (Å²) in [6.45, 7) is 4.35. The molecule has 0 bridgehead atoms. The molecule has 2 amide bonds. The summed E-state index contributed by atoms with van der Waals surface area (Å²) in [6.07, 6.45) is 3.03. The predicted molar refractivity (Wildman–Crippen MR) is 98.0 cm³/mol. The second-order valence-corrected chi connectivity index (χ2v) is 6.84. The molecule has 1 heterocycles. The van der Waals surface area contributed by atoms with E-state index < -0.39 is 0 Å². The van der Waals surface area contributed by atoms with Gasteiger partial charge in [0.05, 0.1) is 11.3 Å². The van der Waals surface area contributed by atoms with Crippen LogP contribution in [-0.4, -0.2) is 31.4 Å².